The van der Waals surface area contributed by atoms with Crippen LogP contribution in [0.5, 0.6) is 0 Å². The van der Waals surface area contributed by atoms with E-state index in [9.17, 15) is 29.7 Å². The standard InChI is InChI=1S/C19H24O10/c1-8(16(23)24)7-10-3-5-11(6-4-10)9(2)18(27)29-19-14(22)12(20)13(21)15(28-19)17(25)26/h3-6,8-9,12-15,19-22H,7H2,1-2H3,(H,23,24)(H,25,26)/t8?,9?,12-,13-,14+,15-,19-/m0/s1. The second-order valence-corrected chi connectivity index (χ2v) is 7.08. The van der Waals surface area contributed by atoms with E-state index in [4.69, 9.17) is 19.7 Å². The van der Waals surface area contributed by atoms with Crippen LogP contribution in [0.2, 0.25) is 0 Å². The van der Waals surface area contributed by atoms with E-state index < -0.39 is 60.4 Å². The first-order chi connectivity index (χ1) is 13.5. The number of ether oxygens (including phenoxy) is 2. The van der Waals surface area contributed by atoms with Gasteiger partial charge in [0.1, 0.15) is 18.3 Å². The quantitative estimate of drug-likeness (QED) is 0.367. The lowest BCUT2D eigenvalue weighted by molar-refractivity contribution is -0.286. The van der Waals surface area contributed by atoms with Gasteiger partial charge < -0.3 is 35.0 Å². The third-order valence-corrected chi connectivity index (χ3v) is 4.84. The van der Waals surface area contributed by atoms with Crippen molar-refractivity contribution in [2.75, 3.05) is 0 Å². The second kappa shape index (κ2) is 9.31. The molecule has 29 heavy (non-hydrogen) atoms. The summed E-state index contributed by atoms with van der Waals surface area (Å²) in [6, 6.07) is 6.63. The zero-order valence-electron chi connectivity index (χ0n) is 15.8. The molecule has 1 aliphatic heterocycles. The van der Waals surface area contributed by atoms with Crippen molar-refractivity contribution in [1.82, 2.24) is 0 Å². The van der Waals surface area contributed by atoms with Crippen LogP contribution in [0.3, 0.4) is 0 Å². The van der Waals surface area contributed by atoms with E-state index in [2.05, 4.69) is 0 Å². The number of carboxylic acids is 2. The number of rotatable bonds is 7. The molecule has 160 valence electrons. The van der Waals surface area contributed by atoms with Gasteiger partial charge >= 0.3 is 17.9 Å². The van der Waals surface area contributed by atoms with Crippen LogP contribution in [0.1, 0.15) is 30.9 Å². The maximum atomic E-state index is 12.4. The fraction of sp³-hybridized carbons (Fsp3) is 0.526. The van der Waals surface area contributed by atoms with E-state index in [1.165, 1.54) is 6.92 Å². The van der Waals surface area contributed by atoms with Gasteiger partial charge in [-0.15, -0.1) is 0 Å². The molecule has 0 aliphatic carbocycles. The third kappa shape index (κ3) is 5.30. The molecule has 2 rings (SSSR count). The van der Waals surface area contributed by atoms with Gasteiger partial charge in [0, 0.05) is 0 Å². The van der Waals surface area contributed by atoms with Crippen molar-refractivity contribution < 1.29 is 49.4 Å². The maximum absolute atomic E-state index is 12.4. The number of carbonyl (C=O) groups is 3. The van der Waals surface area contributed by atoms with Gasteiger partial charge in [0.25, 0.3) is 0 Å². The number of aliphatic carboxylic acids is 2. The molecule has 0 saturated carbocycles. The molecule has 10 nitrogen and oxygen atoms in total. The zero-order valence-corrected chi connectivity index (χ0v) is 15.8. The van der Waals surface area contributed by atoms with Crippen LogP contribution in [0.15, 0.2) is 24.3 Å². The Labute approximate surface area is 166 Å². The minimum absolute atomic E-state index is 0.327. The molecule has 0 aromatic heterocycles. The van der Waals surface area contributed by atoms with Crippen LogP contribution in [-0.2, 0) is 30.3 Å². The summed E-state index contributed by atoms with van der Waals surface area (Å²) in [7, 11) is 0. The highest BCUT2D eigenvalue weighted by atomic mass is 16.7. The second-order valence-electron chi connectivity index (χ2n) is 7.08. The molecule has 2 unspecified atom stereocenters. The monoisotopic (exact) mass is 412 g/mol. The van der Waals surface area contributed by atoms with Crippen molar-refractivity contribution in [2.24, 2.45) is 5.92 Å². The summed E-state index contributed by atoms with van der Waals surface area (Å²) in [4.78, 5) is 34.4. The van der Waals surface area contributed by atoms with Crippen LogP contribution >= 0.6 is 0 Å². The molecule has 0 spiro atoms. The number of carbonyl (C=O) groups excluding carboxylic acids is 1. The van der Waals surface area contributed by atoms with Crippen molar-refractivity contribution in [3.8, 4) is 0 Å². The predicted molar refractivity (Wildman–Crippen MR) is 95.8 cm³/mol. The maximum Gasteiger partial charge on any atom is 0.335 e. The topological polar surface area (TPSA) is 171 Å². The lowest BCUT2D eigenvalue weighted by Gasteiger charge is -2.38. The molecule has 5 N–H and O–H groups in total. The number of esters is 1. The number of benzene rings is 1. The van der Waals surface area contributed by atoms with Gasteiger partial charge in [-0.05, 0) is 24.5 Å². The molecular formula is C19H24O10. The normalized spacial score (nSPS) is 28.9. The molecule has 0 bridgehead atoms. The summed E-state index contributed by atoms with van der Waals surface area (Å²) in [5.41, 5.74) is 1.32. The van der Waals surface area contributed by atoms with E-state index in [-0.39, 0.29) is 0 Å². The number of aliphatic hydroxyl groups is 3. The molecule has 1 aromatic rings. The van der Waals surface area contributed by atoms with Crippen molar-refractivity contribution in [1.29, 1.82) is 0 Å². The lowest BCUT2D eigenvalue weighted by Crippen LogP contribution is -2.60. The Balaban J connectivity index is 2.04. The van der Waals surface area contributed by atoms with Gasteiger partial charge in [-0.3, -0.25) is 9.59 Å². The highest BCUT2D eigenvalue weighted by Gasteiger charge is 2.48. The molecule has 1 aliphatic rings. The smallest absolute Gasteiger partial charge is 0.335 e. The molecule has 1 saturated heterocycles. The molecule has 1 heterocycles. The van der Waals surface area contributed by atoms with Gasteiger partial charge in [0.15, 0.2) is 6.10 Å². The van der Waals surface area contributed by atoms with Crippen molar-refractivity contribution in [3.05, 3.63) is 35.4 Å². The fourth-order valence-corrected chi connectivity index (χ4v) is 2.89. The minimum Gasteiger partial charge on any atom is -0.481 e. The first-order valence-electron chi connectivity index (χ1n) is 8.97. The molecule has 10 heteroatoms. The molecule has 0 amide bonds. The molecule has 1 fully saturated rings. The average molecular weight is 412 g/mol. The van der Waals surface area contributed by atoms with Crippen LogP contribution in [-0.4, -0.2) is 74.1 Å². The Hall–Kier alpha value is -2.53. The Kier molecular flexibility index (Phi) is 7.31. The SMILES string of the molecule is CC(Cc1ccc(C(C)C(=O)O[C@@H]2O[C@H](C(=O)O)[C@@H](O)[C@H](O)[C@H]2O)cc1)C(=O)O. The Morgan fingerprint density at radius 2 is 1.59 bits per heavy atom. The molecular weight excluding hydrogens is 388 g/mol. The van der Waals surface area contributed by atoms with Crippen LogP contribution in [0.25, 0.3) is 0 Å². The van der Waals surface area contributed by atoms with E-state index >= 15 is 0 Å². The Morgan fingerprint density at radius 1 is 1.00 bits per heavy atom. The van der Waals surface area contributed by atoms with Gasteiger partial charge in [0.05, 0.1) is 11.8 Å². The first-order valence-corrected chi connectivity index (χ1v) is 8.97. The number of hydrogen-bond acceptors (Lipinski definition) is 8. The number of hydrogen-bond donors (Lipinski definition) is 5. The van der Waals surface area contributed by atoms with Crippen molar-refractivity contribution in [2.45, 2.75) is 56.9 Å². The zero-order chi connectivity index (χ0) is 21.9. The fourth-order valence-electron chi connectivity index (χ4n) is 2.89. The Bertz CT molecular complexity index is 746. The van der Waals surface area contributed by atoms with E-state index in [1.54, 1.807) is 31.2 Å². The summed E-state index contributed by atoms with van der Waals surface area (Å²) >= 11 is 0. The summed E-state index contributed by atoms with van der Waals surface area (Å²) in [5.74, 6) is -4.71. The van der Waals surface area contributed by atoms with Crippen molar-refractivity contribution in [3.63, 3.8) is 0 Å². The molecule has 1 aromatic carbocycles. The summed E-state index contributed by atoms with van der Waals surface area (Å²) in [6.45, 7) is 3.11. The van der Waals surface area contributed by atoms with Gasteiger partial charge in [0.2, 0.25) is 6.29 Å². The van der Waals surface area contributed by atoms with Crippen LogP contribution in [0, 0.1) is 5.92 Å². The summed E-state index contributed by atoms with van der Waals surface area (Å²) in [6.07, 6.45) is -8.87. The predicted octanol–water partition coefficient (Wildman–Crippen LogP) is -0.511. The van der Waals surface area contributed by atoms with Gasteiger partial charge in [-0.25, -0.2) is 4.79 Å². The summed E-state index contributed by atoms with van der Waals surface area (Å²) < 4.78 is 9.95. The number of carboxylic acid groups (broad SMARTS) is 2. The first kappa shape index (κ1) is 22.8. The van der Waals surface area contributed by atoms with E-state index in [1.807, 2.05) is 0 Å². The molecule has 0 radical (unpaired) electrons. The van der Waals surface area contributed by atoms with Gasteiger partial charge in [-0.2, -0.15) is 0 Å². The van der Waals surface area contributed by atoms with Crippen LogP contribution in [0.4, 0.5) is 0 Å². The van der Waals surface area contributed by atoms with E-state index in [0.717, 1.165) is 5.56 Å². The van der Waals surface area contributed by atoms with Crippen LogP contribution < -0.4 is 0 Å². The highest BCUT2D eigenvalue weighted by Crippen LogP contribution is 2.25. The Morgan fingerprint density at radius 3 is 2.10 bits per heavy atom. The van der Waals surface area contributed by atoms with Crippen molar-refractivity contribution >= 4 is 17.9 Å². The minimum atomic E-state index is -1.88. The third-order valence-electron chi connectivity index (χ3n) is 4.84. The number of aliphatic hydroxyl groups excluding tert-OH is 3. The average Bonchev–Trinajstić information content (AvgIpc) is 2.67. The van der Waals surface area contributed by atoms with E-state index in [0.29, 0.717) is 12.0 Å². The lowest BCUT2D eigenvalue weighted by atomic mass is 9.96. The summed E-state index contributed by atoms with van der Waals surface area (Å²) in [5, 5.41) is 47.3. The van der Waals surface area contributed by atoms with Gasteiger partial charge in [-0.1, -0.05) is 31.2 Å². The largest absolute Gasteiger partial charge is 0.481 e. The molecule has 7 atom stereocenters. The highest BCUT2D eigenvalue weighted by molar-refractivity contribution is 5.78.